The molecule has 1 aliphatic heterocycles. The van der Waals surface area contributed by atoms with E-state index < -0.39 is 26.5 Å². The van der Waals surface area contributed by atoms with Crippen molar-refractivity contribution in [1.82, 2.24) is 4.90 Å². The summed E-state index contributed by atoms with van der Waals surface area (Å²) in [6.07, 6.45) is -4.00. The standard InChI is InChI=1S/C14H18F3N3O2S2/c1-24(21,22)12-3-2-10(8-11(12)14(15,16)17)9-19-13(18)20-4-6-23-7-5-20/h2-3,8H,4-7,9H2,1H3,(H2,18,19). The van der Waals surface area contributed by atoms with Crippen LogP contribution in [0.4, 0.5) is 13.2 Å². The molecule has 1 aliphatic rings. The second kappa shape index (κ2) is 7.22. The van der Waals surface area contributed by atoms with E-state index in [1.807, 2.05) is 4.90 Å². The van der Waals surface area contributed by atoms with Crippen LogP contribution in [0.25, 0.3) is 0 Å². The van der Waals surface area contributed by atoms with Gasteiger partial charge >= 0.3 is 6.18 Å². The summed E-state index contributed by atoms with van der Waals surface area (Å²) in [5.41, 5.74) is 4.95. The van der Waals surface area contributed by atoms with Crippen molar-refractivity contribution in [3.63, 3.8) is 0 Å². The van der Waals surface area contributed by atoms with Crippen LogP contribution in [0.15, 0.2) is 28.1 Å². The number of hydrogen-bond acceptors (Lipinski definition) is 4. The third-order valence-electron chi connectivity index (χ3n) is 3.51. The SMILES string of the molecule is CS(=O)(=O)c1ccc(CN=C(N)N2CCSCC2)cc1C(F)(F)F. The third-order valence-corrected chi connectivity index (χ3v) is 5.60. The average molecular weight is 381 g/mol. The van der Waals surface area contributed by atoms with E-state index in [2.05, 4.69) is 4.99 Å². The molecule has 0 atom stereocenters. The number of benzene rings is 1. The third kappa shape index (κ3) is 4.79. The van der Waals surface area contributed by atoms with E-state index in [-0.39, 0.29) is 18.1 Å². The molecule has 0 radical (unpaired) electrons. The Labute approximate surface area is 143 Å². The summed E-state index contributed by atoms with van der Waals surface area (Å²) >= 11 is 1.80. The number of hydrogen-bond donors (Lipinski definition) is 1. The van der Waals surface area contributed by atoms with E-state index in [4.69, 9.17) is 5.73 Å². The number of aliphatic imine (C=N–C) groups is 1. The van der Waals surface area contributed by atoms with Gasteiger partial charge in [-0.05, 0) is 17.7 Å². The molecule has 1 heterocycles. The quantitative estimate of drug-likeness (QED) is 0.640. The molecular formula is C14H18F3N3O2S2. The van der Waals surface area contributed by atoms with Gasteiger partial charge in [-0.3, -0.25) is 0 Å². The van der Waals surface area contributed by atoms with Crippen LogP contribution in [0.5, 0.6) is 0 Å². The molecular weight excluding hydrogens is 363 g/mol. The van der Waals surface area contributed by atoms with Gasteiger partial charge in [-0.2, -0.15) is 24.9 Å². The molecule has 0 aliphatic carbocycles. The average Bonchev–Trinajstić information content (AvgIpc) is 2.51. The summed E-state index contributed by atoms with van der Waals surface area (Å²) in [6.45, 7) is 1.46. The summed E-state index contributed by atoms with van der Waals surface area (Å²) in [5.74, 6) is 2.14. The van der Waals surface area contributed by atoms with Gasteiger partial charge < -0.3 is 10.6 Å². The molecule has 0 aromatic heterocycles. The highest BCUT2D eigenvalue weighted by Gasteiger charge is 2.36. The molecule has 0 bridgehead atoms. The predicted molar refractivity (Wildman–Crippen MR) is 88.8 cm³/mol. The number of guanidine groups is 1. The minimum Gasteiger partial charge on any atom is -0.370 e. The van der Waals surface area contributed by atoms with E-state index in [0.29, 0.717) is 0 Å². The molecule has 1 aromatic carbocycles. The van der Waals surface area contributed by atoms with Crippen LogP contribution in [0.2, 0.25) is 0 Å². The molecule has 0 saturated carbocycles. The maximum Gasteiger partial charge on any atom is 0.417 e. The summed E-state index contributed by atoms with van der Waals surface area (Å²) in [4.78, 5) is 5.28. The Morgan fingerprint density at radius 1 is 1.33 bits per heavy atom. The summed E-state index contributed by atoms with van der Waals surface area (Å²) < 4.78 is 62.4. The van der Waals surface area contributed by atoms with Crippen molar-refractivity contribution in [2.24, 2.45) is 10.7 Å². The molecule has 5 nitrogen and oxygen atoms in total. The monoisotopic (exact) mass is 381 g/mol. The van der Waals surface area contributed by atoms with Gasteiger partial charge in [-0.15, -0.1) is 0 Å². The molecule has 0 unspecified atom stereocenters. The molecule has 2 N–H and O–H groups in total. The number of halogens is 3. The van der Waals surface area contributed by atoms with Gasteiger partial charge in [0.25, 0.3) is 0 Å². The van der Waals surface area contributed by atoms with Crippen molar-refractivity contribution in [3.8, 4) is 0 Å². The first kappa shape index (κ1) is 18.9. The number of sulfone groups is 1. The van der Waals surface area contributed by atoms with Gasteiger partial charge in [0.2, 0.25) is 0 Å². The first-order chi connectivity index (χ1) is 11.1. The fraction of sp³-hybridized carbons (Fsp3) is 0.500. The van der Waals surface area contributed by atoms with Crippen LogP contribution in [-0.4, -0.2) is 50.1 Å². The highest BCUT2D eigenvalue weighted by atomic mass is 32.2. The van der Waals surface area contributed by atoms with Crippen molar-refractivity contribution in [3.05, 3.63) is 29.3 Å². The molecule has 0 amide bonds. The topological polar surface area (TPSA) is 75.8 Å². The number of thioether (sulfide) groups is 1. The second-order valence-electron chi connectivity index (χ2n) is 5.37. The fourth-order valence-electron chi connectivity index (χ4n) is 2.29. The lowest BCUT2D eigenvalue weighted by molar-refractivity contribution is -0.139. The van der Waals surface area contributed by atoms with Crippen LogP contribution < -0.4 is 5.73 Å². The van der Waals surface area contributed by atoms with E-state index in [1.54, 1.807) is 11.8 Å². The predicted octanol–water partition coefficient (Wildman–Crippen LogP) is 1.97. The van der Waals surface area contributed by atoms with Gasteiger partial charge in [0.05, 0.1) is 17.0 Å². The Morgan fingerprint density at radius 2 is 1.96 bits per heavy atom. The highest BCUT2D eigenvalue weighted by Crippen LogP contribution is 2.35. The van der Waals surface area contributed by atoms with Crippen LogP contribution in [0.3, 0.4) is 0 Å². The second-order valence-corrected chi connectivity index (χ2v) is 8.58. The van der Waals surface area contributed by atoms with Crippen molar-refractivity contribution in [1.29, 1.82) is 0 Å². The minimum atomic E-state index is -4.76. The number of alkyl halides is 3. The number of rotatable bonds is 3. The van der Waals surface area contributed by atoms with E-state index in [1.165, 1.54) is 6.07 Å². The Kier molecular flexibility index (Phi) is 5.69. The van der Waals surface area contributed by atoms with Gasteiger partial charge in [0.15, 0.2) is 15.8 Å². The summed E-state index contributed by atoms with van der Waals surface area (Å²) in [5, 5.41) is 0. The Bertz CT molecular complexity index is 727. The molecule has 1 saturated heterocycles. The van der Waals surface area contributed by atoms with Crippen molar-refractivity contribution in [2.45, 2.75) is 17.6 Å². The normalized spacial score (nSPS) is 17.2. The highest BCUT2D eigenvalue weighted by molar-refractivity contribution is 7.99. The lowest BCUT2D eigenvalue weighted by Crippen LogP contribution is -2.42. The smallest absolute Gasteiger partial charge is 0.370 e. The van der Waals surface area contributed by atoms with Crippen molar-refractivity contribution in [2.75, 3.05) is 30.9 Å². The minimum absolute atomic E-state index is 0.0391. The summed E-state index contributed by atoms with van der Waals surface area (Å²) in [7, 11) is -3.97. The molecule has 1 aromatic rings. The van der Waals surface area contributed by atoms with Gasteiger partial charge in [0.1, 0.15) is 0 Å². The molecule has 134 valence electrons. The van der Waals surface area contributed by atoms with Crippen molar-refractivity contribution >= 4 is 27.6 Å². The zero-order valence-corrected chi connectivity index (χ0v) is 14.6. The van der Waals surface area contributed by atoms with Gasteiger partial charge in [0, 0.05) is 30.9 Å². The summed E-state index contributed by atoms with van der Waals surface area (Å²) in [6, 6.07) is 3.12. The first-order valence-electron chi connectivity index (χ1n) is 7.12. The Morgan fingerprint density at radius 3 is 2.50 bits per heavy atom. The molecule has 1 fully saturated rings. The number of nitrogens with zero attached hydrogens (tertiary/aromatic N) is 2. The fourth-order valence-corrected chi connectivity index (χ4v) is 4.08. The Hall–Kier alpha value is -1.42. The molecule has 0 spiro atoms. The van der Waals surface area contributed by atoms with Crippen molar-refractivity contribution < 1.29 is 21.6 Å². The van der Waals surface area contributed by atoms with Crippen LogP contribution in [0.1, 0.15) is 11.1 Å². The van der Waals surface area contributed by atoms with E-state index in [9.17, 15) is 21.6 Å². The zero-order valence-electron chi connectivity index (χ0n) is 13.0. The van der Waals surface area contributed by atoms with Gasteiger partial charge in [-0.25, -0.2) is 13.4 Å². The first-order valence-corrected chi connectivity index (χ1v) is 10.2. The van der Waals surface area contributed by atoms with Crippen LogP contribution in [0, 0.1) is 0 Å². The molecule has 2 rings (SSSR count). The van der Waals surface area contributed by atoms with Gasteiger partial charge in [-0.1, -0.05) is 6.07 Å². The lowest BCUT2D eigenvalue weighted by Gasteiger charge is -2.27. The van der Waals surface area contributed by atoms with E-state index in [0.717, 1.165) is 43.0 Å². The molecule has 24 heavy (non-hydrogen) atoms. The zero-order chi connectivity index (χ0) is 18.0. The maximum atomic E-state index is 13.1. The lowest BCUT2D eigenvalue weighted by atomic mass is 10.1. The Balaban J connectivity index is 2.25. The van der Waals surface area contributed by atoms with Crippen LogP contribution >= 0.6 is 11.8 Å². The van der Waals surface area contributed by atoms with Crippen LogP contribution in [-0.2, 0) is 22.6 Å². The largest absolute Gasteiger partial charge is 0.417 e. The number of nitrogens with two attached hydrogens (primary N) is 1. The maximum absolute atomic E-state index is 13.1. The van der Waals surface area contributed by atoms with E-state index >= 15 is 0 Å². The molecule has 10 heteroatoms.